The molecule has 6 nitrogen and oxygen atoms in total. The molecule has 0 fully saturated rings. The van der Waals surface area contributed by atoms with Gasteiger partial charge in [-0.25, -0.2) is 33.4 Å². The molecule has 0 aliphatic rings. The second-order valence-corrected chi connectivity index (χ2v) is 5.25. The quantitative estimate of drug-likeness (QED) is 0.431. The SMILES string of the molecule is N/C(=C\N(N)c1ccc(F)c(C(F)F)c1F)COc1ncc(C(F)(F)F)cn1. The Kier molecular flexibility index (Phi) is 6.28. The zero-order valence-corrected chi connectivity index (χ0v) is 13.7. The fraction of sp³-hybridized carbons (Fsp3) is 0.200. The van der Waals surface area contributed by atoms with Crippen molar-refractivity contribution in [2.75, 3.05) is 11.6 Å². The van der Waals surface area contributed by atoms with E-state index in [-0.39, 0.29) is 5.70 Å². The molecule has 0 aliphatic heterocycles. The third-order valence-electron chi connectivity index (χ3n) is 3.23. The van der Waals surface area contributed by atoms with Crippen LogP contribution in [-0.2, 0) is 6.18 Å². The second kappa shape index (κ2) is 8.29. The van der Waals surface area contributed by atoms with Crippen LogP contribution in [0.15, 0.2) is 36.4 Å². The van der Waals surface area contributed by atoms with E-state index in [0.29, 0.717) is 23.5 Å². The van der Waals surface area contributed by atoms with Crippen molar-refractivity contribution in [1.82, 2.24) is 9.97 Å². The number of rotatable bonds is 6. The number of nitrogens with two attached hydrogens (primary N) is 2. The van der Waals surface area contributed by atoms with E-state index in [4.69, 9.17) is 16.3 Å². The number of hydrogen-bond acceptors (Lipinski definition) is 6. The largest absolute Gasteiger partial charge is 0.457 e. The fourth-order valence-electron chi connectivity index (χ4n) is 1.93. The second-order valence-electron chi connectivity index (χ2n) is 5.25. The molecular formula is C15H12F7N5O. The van der Waals surface area contributed by atoms with Crippen molar-refractivity contribution in [3.05, 3.63) is 59.2 Å². The van der Waals surface area contributed by atoms with Gasteiger partial charge in [0.15, 0.2) is 5.82 Å². The molecule has 2 aromatic rings. The van der Waals surface area contributed by atoms with Crippen LogP contribution < -0.4 is 21.3 Å². The lowest BCUT2D eigenvalue weighted by molar-refractivity contribution is -0.138. The lowest BCUT2D eigenvalue weighted by Gasteiger charge is -2.18. The molecular weight excluding hydrogens is 399 g/mol. The Labute approximate surface area is 153 Å². The Balaban J connectivity index is 2.08. The van der Waals surface area contributed by atoms with Crippen molar-refractivity contribution < 1.29 is 35.5 Å². The highest BCUT2D eigenvalue weighted by Crippen LogP contribution is 2.31. The first-order valence-corrected chi connectivity index (χ1v) is 7.29. The molecule has 13 heteroatoms. The van der Waals surface area contributed by atoms with Gasteiger partial charge in [0.1, 0.15) is 12.4 Å². The molecule has 0 atom stereocenters. The first-order valence-electron chi connectivity index (χ1n) is 7.29. The highest BCUT2D eigenvalue weighted by Gasteiger charge is 2.31. The van der Waals surface area contributed by atoms with Crippen molar-refractivity contribution in [3.8, 4) is 6.01 Å². The number of benzene rings is 1. The van der Waals surface area contributed by atoms with Crippen LogP contribution in [0.5, 0.6) is 6.01 Å². The number of halogens is 7. The van der Waals surface area contributed by atoms with E-state index >= 15 is 0 Å². The van der Waals surface area contributed by atoms with Gasteiger partial charge < -0.3 is 10.5 Å². The van der Waals surface area contributed by atoms with Gasteiger partial charge in [-0.15, -0.1) is 0 Å². The van der Waals surface area contributed by atoms with Gasteiger partial charge in [-0.05, 0) is 12.1 Å². The van der Waals surface area contributed by atoms with Crippen LogP contribution in [0.3, 0.4) is 0 Å². The van der Waals surface area contributed by atoms with Crippen LogP contribution in [-0.4, -0.2) is 16.6 Å². The average Bonchev–Trinajstić information content (AvgIpc) is 2.59. The lowest BCUT2D eigenvalue weighted by Crippen LogP contribution is -2.28. The van der Waals surface area contributed by atoms with E-state index in [1.165, 1.54) is 0 Å². The number of anilines is 1. The molecule has 4 N–H and O–H groups in total. The molecule has 0 bridgehead atoms. The maximum atomic E-state index is 14.0. The highest BCUT2D eigenvalue weighted by molar-refractivity contribution is 5.52. The predicted octanol–water partition coefficient (Wildman–Crippen LogP) is 3.27. The number of aromatic nitrogens is 2. The maximum absolute atomic E-state index is 14.0. The highest BCUT2D eigenvalue weighted by atomic mass is 19.4. The van der Waals surface area contributed by atoms with E-state index in [1.54, 1.807) is 0 Å². The summed E-state index contributed by atoms with van der Waals surface area (Å²) in [6.07, 6.45) is -6.15. The number of alkyl halides is 5. The standard InChI is InChI=1S/C15H12F7N5O/c16-9-1-2-10(12(17)11(9)13(18)19)27(24)5-8(23)6-28-14-25-3-7(4-26-14)15(20,21)22/h1-5,13H,6,23-24H2/b8-5-. The number of hydrazine groups is 1. The third-order valence-corrected chi connectivity index (χ3v) is 3.23. The summed E-state index contributed by atoms with van der Waals surface area (Å²) >= 11 is 0. The van der Waals surface area contributed by atoms with E-state index in [1.807, 2.05) is 0 Å². The summed E-state index contributed by atoms with van der Waals surface area (Å²) in [6.45, 7) is -0.469. The van der Waals surface area contributed by atoms with Crippen LogP contribution >= 0.6 is 0 Å². The molecule has 0 radical (unpaired) electrons. The molecule has 28 heavy (non-hydrogen) atoms. The maximum Gasteiger partial charge on any atom is 0.419 e. The van der Waals surface area contributed by atoms with Gasteiger partial charge >= 0.3 is 12.2 Å². The average molecular weight is 411 g/mol. The van der Waals surface area contributed by atoms with Gasteiger partial charge in [-0.3, -0.25) is 5.01 Å². The molecule has 0 saturated heterocycles. The minimum absolute atomic E-state index is 0.187. The van der Waals surface area contributed by atoms with Crippen molar-refractivity contribution in [1.29, 1.82) is 0 Å². The Hall–Kier alpha value is -3.09. The molecule has 0 amide bonds. The molecule has 1 heterocycles. The van der Waals surface area contributed by atoms with Gasteiger partial charge in [0.2, 0.25) is 0 Å². The van der Waals surface area contributed by atoms with E-state index in [9.17, 15) is 30.7 Å². The Morgan fingerprint density at radius 3 is 2.32 bits per heavy atom. The smallest absolute Gasteiger partial charge is 0.419 e. The molecule has 0 aliphatic carbocycles. The number of hydrogen-bond donors (Lipinski definition) is 2. The summed E-state index contributed by atoms with van der Waals surface area (Å²) in [5.74, 6) is 2.49. The monoisotopic (exact) mass is 411 g/mol. The van der Waals surface area contributed by atoms with Crippen LogP contribution in [0.25, 0.3) is 0 Å². The summed E-state index contributed by atoms with van der Waals surface area (Å²) in [6, 6.07) is 0.997. The zero-order valence-electron chi connectivity index (χ0n) is 13.7. The summed E-state index contributed by atoms with van der Waals surface area (Å²) < 4.78 is 94.9. The minimum Gasteiger partial charge on any atom is -0.457 e. The van der Waals surface area contributed by atoms with Crippen molar-refractivity contribution in [3.63, 3.8) is 0 Å². The first kappa shape index (κ1) is 21.2. The Morgan fingerprint density at radius 1 is 1.18 bits per heavy atom. The Morgan fingerprint density at radius 2 is 1.79 bits per heavy atom. The van der Waals surface area contributed by atoms with Gasteiger partial charge in [0.05, 0.1) is 22.5 Å². The summed E-state index contributed by atoms with van der Waals surface area (Å²) in [5.41, 5.74) is 2.26. The molecule has 2 rings (SSSR count). The molecule has 0 saturated carbocycles. The molecule has 1 aromatic heterocycles. The normalized spacial score (nSPS) is 12.4. The zero-order chi connectivity index (χ0) is 21.1. The van der Waals surface area contributed by atoms with E-state index in [2.05, 4.69) is 9.97 Å². The summed E-state index contributed by atoms with van der Waals surface area (Å²) in [5, 5.41) is 0.521. The van der Waals surface area contributed by atoms with Gasteiger partial charge in [-0.2, -0.15) is 13.2 Å². The number of ether oxygens (including phenoxy) is 1. The summed E-state index contributed by atoms with van der Waals surface area (Å²) in [4.78, 5) is 6.69. The van der Waals surface area contributed by atoms with E-state index < -0.39 is 53.7 Å². The number of nitrogens with zero attached hydrogens (tertiary/aromatic N) is 3. The molecule has 0 unspecified atom stereocenters. The van der Waals surface area contributed by atoms with Crippen LogP contribution in [0, 0.1) is 11.6 Å². The van der Waals surface area contributed by atoms with Crippen molar-refractivity contribution in [2.45, 2.75) is 12.6 Å². The van der Waals surface area contributed by atoms with Crippen molar-refractivity contribution in [2.24, 2.45) is 11.6 Å². The van der Waals surface area contributed by atoms with Crippen LogP contribution in [0.4, 0.5) is 36.4 Å². The summed E-state index contributed by atoms with van der Waals surface area (Å²) in [7, 11) is 0. The third kappa shape index (κ3) is 5.00. The van der Waals surface area contributed by atoms with Crippen LogP contribution in [0.2, 0.25) is 0 Å². The van der Waals surface area contributed by atoms with E-state index in [0.717, 1.165) is 12.3 Å². The van der Waals surface area contributed by atoms with Gasteiger partial charge in [-0.1, -0.05) is 0 Å². The lowest BCUT2D eigenvalue weighted by atomic mass is 10.1. The molecule has 1 aromatic carbocycles. The fourth-order valence-corrected chi connectivity index (χ4v) is 1.93. The van der Waals surface area contributed by atoms with Crippen molar-refractivity contribution >= 4 is 5.69 Å². The topological polar surface area (TPSA) is 90.3 Å². The molecule has 0 spiro atoms. The minimum atomic E-state index is -4.62. The molecule has 152 valence electrons. The van der Waals surface area contributed by atoms with Crippen LogP contribution in [0.1, 0.15) is 17.6 Å². The first-order chi connectivity index (χ1) is 13.0. The predicted molar refractivity (Wildman–Crippen MR) is 82.8 cm³/mol. The Bertz CT molecular complexity index is 855. The van der Waals surface area contributed by atoms with Gasteiger partial charge in [0, 0.05) is 18.6 Å². The van der Waals surface area contributed by atoms with Gasteiger partial charge in [0.25, 0.3) is 6.43 Å².